The maximum absolute atomic E-state index is 12.7. The Morgan fingerprint density at radius 3 is 2.57 bits per heavy atom. The first kappa shape index (κ1) is 16.3. The van der Waals surface area contributed by atoms with Crippen molar-refractivity contribution in [3.8, 4) is 0 Å². The third kappa shape index (κ3) is 3.22. The minimum absolute atomic E-state index is 0.0526. The SMILES string of the molecule is Cc1cc(C)c(S(=O)(=O)NC(C)C2CCCO2)c(C)c1N. The van der Waals surface area contributed by atoms with Crippen LogP contribution in [0.2, 0.25) is 0 Å². The Kier molecular flexibility index (Phi) is 4.60. The summed E-state index contributed by atoms with van der Waals surface area (Å²) in [4.78, 5) is 0.287. The molecule has 1 aromatic carbocycles. The van der Waals surface area contributed by atoms with Crippen molar-refractivity contribution in [2.75, 3.05) is 12.3 Å². The average Bonchev–Trinajstić information content (AvgIpc) is 2.89. The number of hydrogen-bond acceptors (Lipinski definition) is 4. The Hall–Kier alpha value is -1.11. The maximum Gasteiger partial charge on any atom is 0.241 e. The van der Waals surface area contributed by atoms with E-state index in [0.717, 1.165) is 18.4 Å². The first-order valence-corrected chi connectivity index (χ1v) is 8.72. The first-order valence-electron chi connectivity index (χ1n) is 7.24. The predicted molar refractivity (Wildman–Crippen MR) is 83.8 cm³/mol. The Morgan fingerprint density at radius 1 is 1.33 bits per heavy atom. The molecule has 0 aromatic heterocycles. The topological polar surface area (TPSA) is 81.4 Å². The molecular weight excluding hydrogens is 288 g/mol. The van der Waals surface area contributed by atoms with E-state index < -0.39 is 10.0 Å². The molecule has 1 saturated heterocycles. The Labute approximate surface area is 126 Å². The highest BCUT2D eigenvalue weighted by Crippen LogP contribution is 2.28. The number of nitrogens with one attached hydrogen (secondary N) is 1. The molecule has 0 aliphatic carbocycles. The van der Waals surface area contributed by atoms with Crippen LogP contribution in [0.25, 0.3) is 0 Å². The van der Waals surface area contributed by atoms with Gasteiger partial charge >= 0.3 is 0 Å². The van der Waals surface area contributed by atoms with Crippen LogP contribution in [-0.2, 0) is 14.8 Å². The molecule has 2 atom stereocenters. The van der Waals surface area contributed by atoms with E-state index in [2.05, 4.69) is 4.72 Å². The van der Waals surface area contributed by atoms with Gasteiger partial charge in [0.05, 0.1) is 11.0 Å². The summed E-state index contributed by atoms with van der Waals surface area (Å²) in [6.45, 7) is 7.97. The van der Waals surface area contributed by atoms with E-state index in [0.29, 0.717) is 23.4 Å². The van der Waals surface area contributed by atoms with E-state index in [1.165, 1.54) is 0 Å². The van der Waals surface area contributed by atoms with Crippen LogP contribution in [0, 0.1) is 20.8 Å². The lowest BCUT2D eigenvalue weighted by Gasteiger charge is -2.22. The van der Waals surface area contributed by atoms with Gasteiger partial charge in [-0.3, -0.25) is 0 Å². The number of benzene rings is 1. The Bertz CT molecular complexity index is 635. The average molecular weight is 312 g/mol. The Balaban J connectivity index is 2.33. The van der Waals surface area contributed by atoms with Gasteiger partial charge in [0.25, 0.3) is 0 Å². The zero-order valence-corrected chi connectivity index (χ0v) is 13.9. The van der Waals surface area contributed by atoms with E-state index in [4.69, 9.17) is 10.5 Å². The van der Waals surface area contributed by atoms with Gasteiger partial charge in [-0.05, 0) is 57.2 Å². The second-order valence-corrected chi connectivity index (χ2v) is 7.49. The molecule has 2 rings (SSSR count). The van der Waals surface area contributed by atoms with E-state index in [1.807, 2.05) is 19.9 Å². The van der Waals surface area contributed by atoms with E-state index in [-0.39, 0.29) is 17.0 Å². The summed E-state index contributed by atoms with van der Waals surface area (Å²) >= 11 is 0. The molecule has 1 fully saturated rings. The van der Waals surface area contributed by atoms with Gasteiger partial charge < -0.3 is 10.5 Å². The van der Waals surface area contributed by atoms with E-state index >= 15 is 0 Å². The number of hydrogen-bond donors (Lipinski definition) is 2. The number of rotatable bonds is 4. The van der Waals surface area contributed by atoms with Crippen molar-refractivity contribution in [2.45, 2.75) is 57.6 Å². The zero-order valence-electron chi connectivity index (χ0n) is 13.1. The summed E-state index contributed by atoms with van der Waals surface area (Å²) in [5.41, 5.74) is 8.74. The molecular formula is C15H24N2O3S. The molecule has 0 saturated carbocycles. The molecule has 1 aliphatic heterocycles. The summed E-state index contributed by atoms with van der Waals surface area (Å²) in [6, 6.07) is 1.56. The smallest absolute Gasteiger partial charge is 0.241 e. The fourth-order valence-electron chi connectivity index (χ4n) is 2.97. The molecule has 0 bridgehead atoms. The molecule has 1 aromatic rings. The highest BCUT2D eigenvalue weighted by atomic mass is 32.2. The fraction of sp³-hybridized carbons (Fsp3) is 0.600. The predicted octanol–water partition coefficient (Wildman–Crippen LogP) is 2.04. The monoisotopic (exact) mass is 312 g/mol. The van der Waals surface area contributed by atoms with Gasteiger partial charge in [0.1, 0.15) is 0 Å². The minimum Gasteiger partial charge on any atom is -0.398 e. The lowest BCUT2D eigenvalue weighted by Crippen LogP contribution is -2.41. The minimum atomic E-state index is -3.61. The van der Waals surface area contributed by atoms with Crippen LogP contribution in [0.4, 0.5) is 5.69 Å². The molecule has 1 heterocycles. The number of ether oxygens (including phenoxy) is 1. The summed E-state index contributed by atoms with van der Waals surface area (Å²) in [5.74, 6) is 0. The molecule has 5 nitrogen and oxygen atoms in total. The highest BCUT2D eigenvalue weighted by Gasteiger charge is 2.29. The third-order valence-electron chi connectivity index (χ3n) is 4.09. The quantitative estimate of drug-likeness (QED) is 0.834. The summed E-state index contributed by atoms with van der Waals surface area (Å²) in [6.07, 6.45) is 1.81. The maximum atomic E-state index is 12.7. The van der Waals surface area contributed by atoms with Crippen LogP contribution in [0.1, 0.15) is 36.5 Å². The number of nitrogens with two attached hydrogens (primary N) is 1. The lowest BCUT2D eigenvalue weighted by atomic mass is 10.1. The van der Waals surface area contributed by atoms with Gasteiger partial charge in [-0.1, -0.05) is 6.07 Å². The second-order valence-electron chi connectivity index (χ2n) is 5.84. The summed E-state index contributed by atoms with van der Waals surface area (Å²) in [5, 5.41) is 0. The zero-order chi connectivity index (χ0) is 15.8. The van der Waals surface area contributed by atoms with Crippen LogP contribution in [-0.4, -0.2) is 27.2 Å². The molecule has 118 valence electrons. The van der Waals surface area contributed by atoms with Gasteiger partial charge in [-0.15, -0.1) is 0 Å². The van der Waals surface area contributed by atoms with Gasteiger partial charge in [0.15, 0.2) is 0 Å². The lowest BCUT2D eigenvalue weighted by molar-refractivity contribution is 0.0902. The van der Waals surface area contributed by atoms with Crippen molar-refractivity contribution in [2.24, 2.45) is 0 Å². The summed E-state index contributed by atoms with van der Waals surface area (Å²) < 4.78 is 33.6. The van der Waals surface area contributed by atoms with Gasteiger partial charge in [-0.25, -0.2) is 13.1 Å². The van der Waals surface area contributed by atoms with Crippen LogP contribution < -0.4 is 10.5 Å². The standard InChI is InChI=1S/C15H24N2O3S/c1-9-8-10(2)15(11(3)14(9)16)21(18,19)17-12(4)13-6-5-7-20-13/h8,12-13,17H,5-7,16H2,1-4H3. The normalized spacial score (nSPS) is 20.7. The largest absolute Gasteiger partial charge is 0.398 e. The number of nitrogen functional groups attached to an aromatic ring is 1. The van der Waals surface area contributed by atoms with E-state index in [9.17, 15) is 8.42 Å². The number of aryl methyl sites for hydroxylation is 2. The molecule has 0 spiro atoms. The molecule has 21 heavy (non-hydrogen) atoms. The molecule has 0 amide bonds. The van der Waals surface area contributed by atoms with E-state index in [1.54, 1.807) is 13.8 Å². The van der Waals surface area contributed by atoms with Crippen molar-refractivity contribution in [3.63, 3.8) is 0 Å². The molecule has 3 N–H and O–H groups in total. The van der Waals surface area contributed by atoms with Crippen LogP contribution in [0.5, 0.6) is 0 Å². The van der Waals surface area contributed by atoms with Crippen molar-refractivity contribution in [1.29, 1.82) is 0 Å². The molecule has 1 aliphatic rings. The molecule has 0 radical (unpaired) electrons. The molecule has 6 heteroatoms. The van der Waals surface area contributed by atoms with Crippen LogP contribution in [0.15, 0.2) is 11.0 Å². The van der Waals surface area contributed by atoms with Crippen molar-refractivity contribution < 1.29 is 13.2 Å². The summed E-state index contributed by atoms with van der Waals surface area (Å²) in [7, 11) is -3.61. The van der Waals surface area contributed by atoms with Crippen molar-refractivity contribution >= 4 is 15.7 Å². The van der Waals surface area contributed by atoms with Gasteiger partial charge in [-0.2, -0.15) is 0 Å². The third-order valence-corrected chi connectivity index (χ3v) is 5.94. The number of sulfonamides is 1. The van der Waals surface area contributed by atoms with Gasteiger partial charge in [0.2, 0.25) is 10.0 Å². The van der Waals surface area contributed by atoms with Crippen LogP contribution >= 0.6 is 0 Å². The fourth-order valence-corrected chi connectivity index (χ4v) is 4.73. The Morgan fingerprint density at radius 2 is 2.00 bits per heavy atom. The first-order chi connectivity index (χ1) is 9.74. The van der Waals surface area contributed by atoms with Crippen molar-refractivity contribution in [1.82, 2.24) is 4.72 Å². The van der Waals surface area contributed by atoms with Gasteiger partial charge in [0, 0.05) is 18.3 Å². The van der Waals surface area contributed by atoms with Crippen LogP contribution in [0.3, 0.4) is 0 Å². The molecule has 2 unspecified atom stereocenters. The highest BCUT2D eigenvalue weighted by molar-refractivity contribution is 7.89. The second kappa shape index (κ2) is 5.94. The van der Waals surface area contributed by atoms with Crippen molar-refractivity contribution in [3.05, 3.63) is 22.8 Å². The number of anilines is 1.